The monoisotopic (exact) mass is 428 g/mol. The van der Waals surface area contributed by atoms with E-state index in [0.717, 1.165) is 12.1 Å². The van der Waals surface area contributed by atoms with Gasteiger partial charge in [-0.25, -0.2) is 13.5 Å². The summed E-state index contributed by atoms with van der Waals surface area (Å²) in [5.41, 5.74) is 1.55. The number of nitrogens with one attached hydrogen (secondary N) is 2. The molecule has 0 aliphatic rings. The first-order chi connectivity index (χ1) is 14.8. The highest BCUT2D eigenvalue weighted by Gasteiger charge is 2.20. The second kappa shape index (κ2) is 9.38. The molecule has 0 aliphatic carbocycles. The van der Waals surface area contributed by atoms with Crippen LogP contribution in [0.5, 0.6) is 5.75 Å². The summed E-state index contributed by atoms with van der Waals surface area (Å²) in [6.45, 7) is 3.89. The van der Waals surface area contributed by atoms with Crippen molar-refractivity contribution in [3.8, 4) is 11.4 Å². The number of benzene rings is 2. The molecule has 162 valence electrons. The number of rotatable bonds is 7. The maximum Gasteiger partial charge on any atom is 0.255 e. The number of carbonyl (C=O) groups is 2. The lowest BCUT2D eigenvalue weighted by atomic mass is 10.1. The third kappa shape index (κ3) is 5.06. The summed E-state index contributed by atoms with van der Waals surface area (Å²) in [5, 5.41) is 19.1. The molecule has 0 radical (unpaired) electrons. The first-order valence-corrected chi connectivity index (χ1v) is 9.65. The molecule has 0 atom stereocenters. The maximum atomic E-state index is 14.1. The van der Waals surface area contributed by atoms with Gasteiger partial charge in [0.1, 0.15) is 17.3 Å². The number of phenolic OH excluding ortho intramolecular Hbond substituents is 1. The number of aromatic nitrogens is 2. The van der Waals surface area contributed by atoms with Crippen LogP contribution in [0.1, 0.15) is 38.5 Å². The van der Waals surface area contributed by atoms with Crippen molar-refractivity contribution < 1.29 is 23.5 Å². The van der Waals surface area contributed by atoms with Crippen molar-refractivity contribution in [2.45, 2.75) is 20.3 Å². The molecule has 1 aromatic heterocycles. The largest absolute Gasteiger partial charge is 0.508 e. The summed E-state index contributed by atoms with van der Waals surface area (Å²) >= 11 is 0. The zero-order valence-corrected chi connectivity index (χ0v) is 17.1. The van der Waals surface area contributed by atoms with E-state index in [1.165, 1.54) is 22.9 Å². The Morgan fingerprint density at radius 1 is 1.03 bits per heavy atom. The molecule has 0 bridgehead atoms. The van der Waals surface area contributed by atoms with Crippen molar-refractivity contribution in [3.05, 3.63) is 76.6 Å². The van der Waals surface area contributed by atoms with E-state index in [1.54, 1.807) is 26.0 Å². The van der Waals surface area contributed by atoms with Crippen LogP contribution in [0.4, 0.5) is 8.78 Å². The number of amides is 2. The Morgan fingerprint density at radius 2 is 1.74 bits per heavy atom. The van der Waals surface area contributed by atoms with Crippen LogP contribution in [0.2, 0.25) is 0 Å². The number of aryl methyl sites for hydroxylation is 1. The normalized spacial score (nSPS) is 10.7. The fraction of sp³-hybridized carbons (Fsp3) is 0.227. The second-order valence-electron chi connectivity index (χ2n) is 6.97. The van der Waals surface area contributed by atoms with Crippen molar-refractivity contribution in [2.75, 3.05) is 13.1 Å². The smallest absolute Gasteiger partial charge is 0.255 e. The second-order valence-corrected chi connectivity index (χ2v) is 6.97. The van der Waals surface area contributed by atoms with Crippen LogP contribution in [-0.2, 0) is 0 Å². The van der Waals surface area contributed by atoms with Crippen LogP contribution in [0.3, 0.4) is 0 Å². The summed E-state index contributed by atoms with van der Waals surface area (Å²) in [5.74, 6) is -2.16. The molecule has 2 aromatic carbocycles. The van der Waals surface area contributed by atoms with Crippen LogP contribution < -0.4 is 10.6 Å². The molecule has 0 saturated heterocycles. The van der Waals surface area contributed by atoms with E-state index in [9.17, 15) is 23.5 Å². The Bertz CT molecular complexity index is 1130. The highest BCUT2D eigenvalue weighted by molar-refractivity contribution is 5.96. The minimum absolute atomic E-state index is 0.00622. The summed E-state index contributed by atoms with van der Waals surface area (Å²) < 4.78 is 28.5. The number of phenols is 1. The van der Waals surface area contributed by atoms with E-state index in [0.29, 0.717) is 42.0 Å². The van der Waals surface area contributed by atoms with Gasteiger partial charge in [-0.1, -0.05) is 6.07 Å². The van der Waals surface area contributed by atoms with Crippen molar-refractivity contribution in [1.82, 2.24) is 20.4 Å². The molecule has 3 aromatic rings. The summed E-state index contributed by atoms with van der Waals surface area (Å²) in [7, 11) is 0. The third-order valence-electron chi connectivity index (χ3n) is 4.69. The van der Waals surface area contributed by atoms with E-state index in [2.05, 4.69) is 15.7 Å². The predicted octanol–water partition coefficient (Wildman–Crippen LogP) is 3.02. The number of hydrogen-bond donors (Lipinski definition) is 3. The van der Waals surface area contributed by atoms with E-state index in [4.69, 9.17) is 0 Å². The van der Waals surface area contributed by atoms with Gasteiger partial charge >= 0.3 is 0 Å². The summed E-state index contributed by atoms with van der Waals surface area (Å²) in [6.07, 6.45) is 0.481. The molecule has 0 fully saturated rings. The van der Waals surface area contributed by atoms with E-state index < -0.39 is 11.6 Å². The van der Waals surface area contributed by atoms with Crippen LogP contribution in [-0.4, -0.2) is 39.8 Å². The number of aromatic hydroxyl groups is 1. The molecule has 2 amide bonds. The number of nitrogens with zero attached hydrogens (tertiary/aromatic N) is 2. The maximum absolute atomic E-state index is 14.1. The molecule has 0 aliphatic heterocycles. The van der Waals surface area contributed by atoms with Gasteiger partial charge < -0.3 is 15.7 Å². The Kier molecular flexibility index (Phi) is 6.64. The van der Waals surface area contributed by atoms with Crippen molar-refractivity contribution in [3.63, 3.8) is 0 Å². The highest BCUT2D eigenvalue weighted by atomic mass is 19.1. The zero-order valence-electron chi connectivity index (χ0n) is 17.1. The average molecular weight is 428 g/mol. The van der Waals surface area contributed by atoms with Crippen LogP contribution >= 0.6 is 0 Å². The van der Waals surface area contributed by atoms with Crippen molar-refractivity contribution in [1.29, 1.82) is 0 Å². The zero-order chi connectivity index (χ0) is 22.5. The van der Waals surface area contributed by atoms with Gasteiger partial charge in [-0.2, -0.15) is 5.10 Å². The minimum Gasteiger partial charge on any atom is -0.508 e. The molecular weight excluding hydrogens is 406 g/mol. The van der Waals surface area contributed by atoms with Gasteiger partial charge in [0, 0.05) is 24.7 Å². The van der Waals surface area contributed by atoms with Gasteiger partial charge in [0.15, 0.2) is 5.82 Å². The lowest BCUT2D eigenvalue weighted by Crippen LogP contribution is -2.30. The minimum atomic E-state index is -0.778. The third-order valence-corrected chi connectivity index (χ3v) is 4.69. The van der Waals surface area contributed by atoms with Gasteiger partial charge in [0.05, 0.1) is 17.0 Å². The first kappa shape index (κ1) is 21.9. The van der Waals surface area contributed by atoms with Crippen LogP contribution in [0, 0.1) is 25.5 Å². The molecular formula is C22H22F2N4O3. The Hall–Kier alpha value is -3.75. The van der Waals surface area contributed by atoms with E-state index >= 15 is 0 Å². The van der Waals surface area contributed by atoms with Crippen LogP contribution in [0.25, 0.3) is 5.69 Å². The summed E-state index contributed by atoms with van der Waals surface area (Å²) in [4.78, 5) is 24.6. The number of hydrogen-bond acceptors (Lipinski definition) is 4. The van der Waals surface area contributed by atoms with E-state index in [1.807, 2.05) is 0 Å². The Balaban J connectivity index is 1.56. The Morgan fingerprint density at radius 3 is 2.42 bits per heavy atom. The molecule has 7 nitrogen and oxygen atoms in total. The fourth-order valence-corrected chi connectivity index (χ4v) is 3.19. The fourth-order valence-electron chi connectivity index (χ4n) is 3.19. The lowest BCUT2D eigenvalue weighted by Gasteiger charge is -2.08. The Labute approximate surface area is 177 Å². The van der Waals surface area contributed by atoms with Gasteiger partial charge in [0.2, 0.25) is 0 Å². The molecule has 9 heteroatoms. The molecule has 0 saturated carbocycles. The van der Waals surface area contributed by atoms with Gasteiger partial charge in [-0.15, -0.1) is 0 Å². The first-order valence-electron chi connectivity index (χ1n) is 9.65. The quantitative estimate of drug-likeness (QED) is 0.504. The van der Waals surface area contributed by atoms with Gasteiger partial charge in [0.25, 0.3) is 11.8 Å². The van der Waals surface area contributed by atoms with Gasteiger partial charge in [-0.05, 0) is 50.6 Å². The molecule has 1 heterocycles. The number of halogens is 2. The molecule has 3 rings (SSSR count). The summed E-state index contributed by atoms with van der Waals surface area (Å²) in [6, 6.07) is 9.15. The SMILES string of the molecule is Cc1nn(-c2ccc(F)cc2F)c(C)c1C(=O)NCCCNC(=O)c1cccc(O)c1. The predicted molar refractivity (Wildman–Crippen MR) is 110 cm³/mol. The van der Waals surface area contributed by atoms with E-state index in [-0.39, 0.29) is 23.3 Å². The van der Waals surface area contributed by atoms with Crippen molar-refractivity contribution in [2.24, 2.45) is 0 Å². The standard InChI is InChI=1S/C22H22F2N4O3/c1-13-20(14(2)28(27-13)19-8-7-16(23)12-18(19)24)22(31)26-10-4-9-25-21(30)15-5-3-6-17(29)11-15/h3,5-8,11-12,29H,4,9-10H2,1-2H3,(H,25,30)(H,26,31). The van der Waals surface area contributed by atoms with Crippen LogP contribution in [0.15, 0.2) is 42.5 Å². The molecule has 31 heavy (non-hydrogen) atoms. The molecule has 0 unspecified atom stereocenters. The average Bonchev–Trinajstić information content (AvgIpc) is 3.01. The highest BCUT2D eigenvalue weighted by Crippen LogP contribution is 2.20. The molecule has 0 spiro atoms. The lowest BCUT2D eigenvalue weighted by molar-refractivity contribution is 0.0951. The van der Waals surface area contributed by atoms with Crippen molar-refractivity contribution >= 4 is 11.8 Å². The topological polar surface area (TPSA) is 96.3 Å². The molecule has 3 N–H and O–H groups in total. The number of carbonyl (C=O) groups excluding carboxylic acids is 2. The van der Waals surface area contributed by atoms with Gasteiger partial charge in [-0.3, -0.25) is 9.59 Å².